The Labute approximate surface area is 357 Å². The Hall–Kier alpha value is -4.73. The summed E-state index contributed by atoms with van der Waals surface area (Å²) in [4.78, 5) is 81.6. The number of ether oxygens (including phenoxy) is 4. The molecule has 1 aromatic carbocycles. The van der Waals surface area contributed by atoms with Gasteiger partial charge in [-0.1, -0.05) is 68.5 Å². The fourth-order valence-corrected chi connectivity index (χ4v) is 8.34. The number of carbonyl (C=O) groups is 6. The summed E-state index contributed by atoms with van der Waals surface area (Å²) in [5.74, 6) is -2.66. The number of likely N-dealkylation sites (N-methyl/N-ethyl adjacent to an activating group) is 1. The topological polar surface area (TPSA) is 185 Å². The van der Waals surface area contributed by atoms with Gasteiger partial charge in [-0.2, -0.15) is 0 Å². The first kappa shape index (κ1) is 46.3. The van der Waals surface area contributed by atoms with Crippen molar-refractivity contribution in [1.29, 1.82) is 0 Å². The van der Waals surface area contributed by atoms with Gasteiger partial charge in [-0.25, -0.2) is 9.59 Å². The van der Waals surface area contributed by atoms with Gasteiger partial charge in [-0.05, 0) is 57.7 Å². The van der Waals surface area contributed by atoms with Crippen LogP contribution in [0, 0.1) is 11.8 Å². The maximum absolute atomic E-state index is 14.2. The Bertz CT molecular complexity index is 1920. The molecule has 7 unspecified atom stereocenters. The number of rotatable bonds is 12. The van der Waals surface area contributed by atoms with Gasteiger partial charge >= 0.3 is 12.1 Å². The van der Waals surface area contributed by atoms with Crippen LogP contribution in [-0.4, -0.2) is 114 Å². The van der Waals surface area contributed by atoms with Gasteiger partial charge in [0.15, 0.2) is 0 Å². The number of hydrogen-bond donors (Lipinski definition) is 2. The number of imide groups is 1. The van der Waals surface area contributed by atoms with Crippen LogP contribution < -0.4 is 15.0 Å². The van der Waals surface area contributed by atoms with Gasteiger partial charge in [0.25, 0.3) is 11.8 Å². The molecular weight excluding hydrogens is 796 g/mol. The van der Waals surface area contributed by atoms with E-state index >= 15 is 0 Å². The van der Waals surface area contributed by atoms with Gasteiger partial charge in [-0.3, -0.25) is 29.4 Å². The zero-order valence-electron chi connectivity index (χ0n) is 35.8. The first-order valence-corrected chi connectivity index (χ1v) is 21.0. The van der Waals surface area contributed by atoms with Crippen molar-refractivity contribution in [3.05, 3.63) is 58.7 Å². The number of hydrogen-bond acceptors (Lipinski definition) is 11. The van der Waals surface area contributed by atoms with E-state index in [-0.39, 0.29) is 42.0 Å². The van der Waals surface area contributed by atoms with E-state index in [9.17, 15) is 33.9 Å². The number of unbranched alkanes of at least 4 members (excludes halogenated alkanes) is 4. The van der Waals surface area contributed by atoms with Gasteiger partial charge in [0.05, 0.1) is 25.3 Å². The van der Waals surface area contributed by atoms with Gasteiger partial charge in [0, 0.05) is 57.5 Å². The molecule has 328 valence electrons. The monoisotopic (exact) mass is 854 g/mol. The van der Waals surface area contributed by atoms with E-state index < -0.39 is 65.5 Å². The minimum atomic E-state index is -1.63. The van der Waals surface area contributed by atoms with Crippen molar-refractivity contribution in [3.8, 4) is 5.75 Å². The lowest BCUT2D eigenvalue weighted by Gasteiger charge is -2.41. The van der Waals surface area contributed by atoms with Crippen LogP contribution in [-0.2, 0) is 44.6 Å². The number of benzene rings is 1. The molecule has 0 aromatic heterocycles. The number of aliphatic hydroxyl groups is 1. The molecule has 0 aliphatic carbocycles. The maximum atomic E-state index is 14.2. The summed E-state index contributed by atoms with van der Waals surface area (Å²) < 4.78 is 23.7. The SMILES string of the molecule is COc1cc2cc(c1Cl)N(C)C(=O)CC(OC(=O)[C@H](C)N(C)C(=O)CCCCCCCN1C(=O)C=CC1=O)C1(C)OC1C(C)C1CC(O)(NC(=O)O1)C(C)/C=C/C=C(\C)C2. The third-order valence-corrected chi connectivity index (χ3v) is 12.7. The molecule has 2 fully saturated rings. The van der Waals surface area contributed by atoms with Gasteiger partial charge in [0.2, 0.25) is 11.8 Å². The van der Waals surface area contributed by atoms with Crippen LogP contribution >= 0.6 is 11.6 Å². The number of methoxy groups -OCH3 is 1. The number of epoxide rings is 1. The number of nitrogens with zero attached hydrogens (tertiary/aromatic N) is 3. The number of amides is 5. The van der Waals surface area contributed by atoms with Crippen molar-refractivity contribution in [2.24, 2.45) is 11.8 Å². The standard InChI is InChI=1S/C44H59ClN4O11/c1-26-15-14-16-27(2)44(56)25-33(58-42(55)46-44)28(3)40-43(5,60-40)34(24-38(53)48(7)31-22-30(21-26)23-32(57-8)39(31)45)59-41(54)29(4)47(6)35(50)17-12-10-9-11-13-20-49-36(51)18-19-37(49)52/h14-16,18-19,22-23,27-29,33-34,40,56H,9-13,17,20-21,24-25H2,1-8H3,(H,46,55)/b16-14+,26-15+/t27?,28?,29-,33?,34?,40?,43?,44?/m0/s1. The second kappa shape index (κ2) is 19.3. The third-order valence-electron chi connectivity index (χ3n) is 12.3. The minimum absolute atomic E-state index is 0.0442. The lowest BCUT2D eigenvalue weighted by molar-refractivity contribution is -0.162. The van der Waals surface area contributed by atoms with Crippen LogP contribution in [0.15, 0.2) is 48.1 Å². The van der Waals surface area contributed by atoms with E-state index in [0.717, 1.165) is 30.4 Å². The smallest absolute Gasteiger partial charge is 0.409 e. The van der Waals surface area contributed by atoms with Crippen LogP contribution in [0.4, 0.5) is 10.5 Å². The Balaban J connectivity index is 1.32. The lowest BCUT2D eigenvalue weighted by Crippen LogP contribution is -2.60. The fourth-order valence-electron chi connectivity index (χ4n) is 8.03. The van der Waals surface area contributed by atoms with Crippen LogP contribution in [0.25, 0.3) is 0 Å². The summed E-state index contributed by atoms with van der Waals surface area (Å²) >= 11 is 6.78. The molecule has 4 aliphatic heterocycles. The Kier molecular flexibility index (Phi) is 14.9. The molecule has 0 saturated carbocycles. The van der Waals surface area contributed by atoms with Crippen molar-refractivity contribution in [2.45, 2.75) is 128 Å². The van der Waals surface area contributed by atoms with Crippen molar-refractivity contribution in [3.63, 3.8) is 0 Å². The molecule has 0 radical (unpaired) electrons. The summed E-state index contributed by atoms with van der Waals surface area (Å²) in [5.41, 5.74) is -0.674. The zero-order valence-corrected chi connectivity index (χ0v) is 36.6. The fraction of sp³-hybridized carbons (Fsp3) is 0.591. The number of anilines is 1. The van der Waals surface area contributed by atoms with Crippen LogP contribution in [0.5, 0.6) is 5.75 Å². The number of nitrogens with one attached hydrogen (secondary N) is 1. The molecule has 5 amide bonds. The molecule has 4 aliphatic rings. The van der Waals surface area contributed by atoms with E-state index in [1.54, 1.807) is 40.0 Å². The maximum Gasteiger partial charge on any atom is 0.409 e. The average molecular weight is 855 g/mol. The van der Waals surface area contributed by atoms with Crippen LogP contribution in [0.1, 0.15) is 91.5 Å². The first-order valence-electron chi connectivity index (χ1n) is 20.6. The van der Waals surface area contributed by atoms with Crippen molar-refractivity contribution < 1.29 is 52.8 Å². The second-order valence-corrected chi connectivity index (χ2v) is 17.1. The quantitative estimate of drug-likeness (QED) is 0.119. The molecular formula is C44H59ClN4O11. The number of allylic oxidation sites excluding steroid dienone is 3. The van der Waals surface area contributed by atoms with Crippen molar-refractivity contribution >= 4 is 53.0 Å². The van der Waals surface area contributed by atoms with E-state index in [0.29, 0.717) is 37.2 Å². The first-order chi connectivity index (χ1) is 28.3. The molecule has 8 atom stereocenters. The van der Waals surface area contributed by atoms with Crippen LogP contribution in [0.2, 0.25) is 5.02 Å². The third kappa shape index (κ3) is 10.6. The van der Waals surface area contributed by atoms with E-state index in [4.69, 9.17) is 30.5 Å². The number of halogens is 1. The molecule has 2 N–H and O–H groups in total. The summed E-state index contributed by atoms with van der Waals surface area (Å²) in [6.45, 7) is 9.21. The summed E-state index contributed by atoms with van der Waals surface area (Å²) in [6, 6.07) is 2.60. The molecule has 5 rings (SSSR count). The molecule has 0 spiro atoms. The number of carbonyl (C=O) groups excluding carboxylic acids is 6. The van der Waals surface area contributed by atoms with E-state index in [1.807, 2.05) is 32.1 Å². The highest BCUT2D eigenvalue weighted by Gasteiger charge is 2.64. The van der Waals surface area contributed by atoms with Gasteiger partial charge in [0.1, 0.15) is 40.3 Å². The number of fused-ring (bicyclic) bond motifs is 5. The summed E-state index contributed by atoms with van der Waals surface area (Å²) in [5, 5.41) is 14.5. The van der Waals surface area contributed by atoms with Gasteiger partial charge in [-0.15, -0.1) is 0 Å². The average Bonchev–Trinajstić information content (AvgIpc) is 3.80. The highest BCUT2D eigenvalue weighted by molar-refractivity contribution is 6.35. The molecule has 16 heteroatoms. The molecule has 60 heavy (non-hydrogen) atoms. The normalized spacial score (nSPS) is 30.1. The predicted molar refractivity (Wildman–Crippen MR) is 223 cm³/mol. The highest BCUT2D eigenvalue weighted by Crippen LogP contribution is 2.49. The van der Waals surface area contributed by atoms with Crippen LogP contribution in [0.3, 0.4) is 0 Å². The predicted octanol–water partition coefficient (Wildman–Crippen LogP) is 5.40. The van der Waals surface area contributed by atoms with Gasteiger partial charge < -0.3 is 33.9 Å². The number of alkyl carbamates (subject to hydrolysis) is 1. The zero-order chi connectivity index (χ0) is 44.1. The molecule has 1 aromatic rings. The lowest BCUT2D eigenvalue weighted by atomic mass is 9.82. The van der Waals surface area contributed by atoms with E-state index in [2.05, 4.69) is 5.32 Å². The largest absolute Gasteiger partial charge is 0.495 e. The molecule has 2 saturated heterocycles. The van der Waals surface area contributed by atoms with Crippen molar-refractivity contribution in [1.82, 2.24) is 15.1 Å². The Morgan fingerprint density at radius 3 is 2.43 bits per heavy atom. The summed E-state index contributed by atoms with van der Waals surface area (Å²) in [6.07, 6.45) is 8.74. The van der Waals surface area contributed by atoms with Crippen molar-refractivity contribution in [2.75, 3.05) is 32.6 Å². The molecule has 4 bridgehead atoms. The number of esters is 1. The van der Waals surface area contributed by atoms with E-state index in [1.165, 1.54) is 41.0 Å². The summed E-state index contributed by atoms with van der Waals surface area (Å²) in [7, 11) is 4.60. The molecule has 15 nitrogen and oxygen atoms in total. The Morgan fingerprint density at radius 1 is 1.08 bits per heavy atom. The second-order valence-electron chi connectivity index (χ2n) is 16.7. The Morgan fingerprint density at radius 2 is 1.75 bits per heavy atom. The minimum Gasteiger partial charge on any atom is -0.495 e. The highest BCUT2D eigenvalue weighted by atomic mass is 35.5. The molecule has 4 heterocycles.